The number of likely N-dealkylation sites (tertiary alicyclic amines) is 1. The van der Waals surface area contributed by atoms with Crippen molar-refractivity contribution < 1.29 is 34.0 Å². The molecule has 0 saturated carbocycles. The Morgan fingerprint density at radius 2 is 1.63 bits per heavy atom. The zero-order valence-electron chi connectivity index (χ0n) is 31.9. The van der Waals surface area contributed by atoms with Gasteiger partial charge in [-0.05, 0) is 64.8 Å². The first-order chi connectivity index (χ1) is 23.0. The molecule has 1 atom stereocenters. The molecule has 2 fully saturated rings. The quantitative estimate of drug-likeness (QED) is 0.115. The maximum absolute atomic E-state index is 15.3. The fourth-order valence-electron chi connectivity index (χ4n) is 5.80. The Morgan fingerprint density at radius 1 is 1.06 bits per heavy atom. The van der Waals surface area contributed by atoms with E-state index in [1.165, 1.54) is 37.5 Å². The minimum absolute atomic E-state index is 0.0968. The van der Waals surface area contributed by atoms with Crippen LogP contribution in [0.2, 0.25) is 0 Å². The summed E-state index contributed by atoms with van der Waals surface area (Å²) < 4.78 is 21.4. The molecule has 2 amide bonds. The van der Waals surface area contributed by atoms with Gasteiger partial charge in [0.2, 0.25) is 5.72 Å². The molecular weight excluding hydrogens is 627 g/mol. The van der Waals surface area contributed by atoms with Crippen LogP contribution in [-0.2, 0) is 26.8 Å². The van der Waals surface area contributed by atoms with Crippen molar-refractivity contribution >= 4 is 11.8 Å². The third-order valence-electron chi connectivity index (χ3n) is 7.36. The molecule has 2 saturated heterocycles. The molecule has 0 spiro atoms. The smallest absolute Gasteiger partial charge is 0.275 e. The molecule has 5 N–H and O–H groups in total. The summed E-state index contributed by atoms with van der Waals surface area (Å²) in [7, 11) is 1.35. The number of nitrogens with zero attached hydrogens (tertiary/aromatic N) is 2. The molecule has 278 valence electrons. The van der Waals surface area contributed by atoms with Crippen molar-refractivity contribution in [2.24, 2.45) is 0 Å². The molecule has 3 rings (SSSR count). The monoisotopic (exact) mass is 690 g/mol. The largest absolute Gasteiger partial charge is 0.367 e. The molecule has 0 aliphatic carbocycles. The van der Waals surface area contributed by atoms with Gasteiger partial charge < -0.3 is 30.7 Å². The number of benzene rings is 1. The number of carbonyl (C=O) groups is 2. The van der Waals surface area contributed by atoms with Crippen LogP contribution in [0.3, 0.4) is 0 Å². The summed E-state index contributed by atoms with van der Waals surface area (Å²) in [5, 5.41) is 37.8. The van der Waals surface area contributed by atoms with E-state index in [9.17, 15) is 24.9 Å². The van der Waals surface area contributed by atoms with E-state index in [1.807, 2.05) is 69.2 Å². The summed E-state index contributed by atoms with van der Waals surface area (Å²) >= 11 is 0. The number of carbonyl (C=O) groups excluding carboxylic acids is 2. The maximum atomic E-state index is 15.3. The van der Waals surface area contributed by atoms with Crippen LogP contribution in [0.15, 0.2) is 66.4 Å². The molecule has 0 aromatic heterocycles. The lowest BCUT2D eigenvalue weighted by atomic mass is 9.98. The predicted molar refractivity (Wildman–Crippen MR) is 195 cm³/mol. The first kappa shape index (κ1) is 45.6. The minimum Gasteiger partial charge on any atom is -0.367 e. The average molecular weight is 691 g/mol. The second kappa shape index (κ2) is 20.4. The molecule has 1 aromatic carbocycles. The minimum atomic E-state index is -2.83. The van der Waals surface area contributed by atoms with Crippen molar-refractivity contribution in [2.75, 3.05) is 26.7 Å². The van der Waals surface area contributed by atoms with Crippen LogP contribution in [-0.4, -0.2) is 80.5 Å². The van der Waals surface area contributed by atoms with Gasteiger partial charge in [0.05, 0.1) is 23.3 Å². The van der Waals surface area contributed by atoms with E-state index < -0.39 is 34.8 Å². The Balaban J connectivity index is 0.00000363. The highest BCUT2D eigenvalue weighted by atomic mass is 19.1. The van der Waals surface area contributed by atoms with E-state index in [0.29, 0.717) is 25.2 Å². The third-order valence-corrected chi connectivity index (χ3v) is 7.36. The van der Waals surface area contributed by atoms with Crippen molar-refractivity contribution in [3.05, 3.63) is 83.4 Å². The number of rotatable bonds is 11. The van der Waals surface area contributed by atoms with Crippen LogP contribution in [0.5, 0.6) is 0 Å². The van der Waals surface area contributed by atoms with Crippen LogP contribution in [0.4, 0.5) is 4.39 Å². The number of halogens is 1. The van der Waals surface area contributed by atoms with Gasteiger partial charge in [-0.1, -0.05) is 65.8 Å². The summed E-state index contributed by atoms with van der Waals surface area (Å²) in [6, 6.07) is 4.20. The van der Waals surface area contributed by atoms with Gasteiger partial charge in [0.25, 0.3) is 17.7 Å². The molecule has 10 nitrogen and oxygen atoms in total. The number of allylic oxidation sites excluding steroid dienone is 4. The highest BCUT2D eigenvalue weighted by molar-refractivity contribution is 6.04. The lowest BCUT2D eigenvalue weighted by Gasteiger charge is -2.47. The van der Waals surface area contributed by atoms with Gasteiger partial charge >= 0.3 is 0 Å². The van der Waals surface area contributed by atoms with Gasteiger partial charge in [0.15, 0.2) is 0 Å². The van der Waals surface area contributed by atoms with Crippen molar-refractivity contribution in [2.45, 2.75) is 118 Å². The summed E-state index contributed by atoms with van der Waals surface area (Å²) in [4.78, 5) is 29.2. The summed E-state index contributed by atoms with van der Waals surface area (Å²) in [5.41, 5.74) is -2.30. The average Bonchev–Trinajstić information content (AvgIpc) is 3.37. The maximum Gasteiger partial charge on any atom is 0.275 e. The predicted octanol–water partition coefficient (Wildman–Crippen LogP) is 5.61. The number of likely N-dealkylation sites (N-methyl/N-ethyl adjacent to an activating group) is 1. The third kappa shape index (κ3) is 12.5. The normalized spacial score (nSPS) is 19.9. The van der Waals surface area contributed by atoms with E-state index in [2.05, 4.69) is 22.1 Å². The van der Waals surface area contributed by atoms with E-state index in [0.717, 1.165) is 4.90 Å². The summed E-state index contributed by atoms with van der Waals surface area (Å²) in [6.45, 7) is 26.9. The van der Waals surface area contributed by atoms with Crippen molar-refractivity contribution in [1.29, 1.82) is 0 Å². The lowest BCUT2D eigenvalue weighted by Crippen LogP contribution is -2.59. The summed E-state index contributed by atoms with van der Waals surface area (Å²) in [6.07, 6.45) is 7.65. The van der Waals surface area contributed by atoms with E-state index in [1.54, 1.807) is 25.1 Å². The van der Waals surface area contributed by atoms with Crippen molar-refractivity contribution in [1.82, 2.24) is 20.4 Å². The Morgan fingerprint density at radius 3 is 2.12 bits per heavy atom. The molecule has 49 heavy (non-hydrogen) atoms. The number of amides is 2. The van der Waals surface area contributed by atoms with Gasteiger partial charge in [0.1, 0.15) is 5.82 Å². The zero-order chi connectivity index (χ0) is 38.2. The molecule has 2 aliphatic rings. The Bertz CT molecular complexity index is 1310. The van der Waals surface area contributed by atoms with Crippen molar-refractivity contribution in [3.63, 3.8) is 0 Å². The van der Waals surface area contributed by atoms with E-state index >= 15 is 4.39 Å². The van der Waals surface area contributed by atoms with E-state index in [4.69, 9.17) is 4.74 Å². The highest BCUT2D eigenvalue weighted by Gasteiger charge is 2.48. The van der Waals surface area contributed by atoms with E-state index in [-0.39, 0.29) is 41.7 Å². The molecule has 1 aromatic rings. The van der Waals surface area contributed by atoms with Gasteiger partial charge in [0, 0.05) is 50.4 Å². The second-order valence-electron chi connectivity index (χ2n) is 12.3. The van der Waals surface area contributed by atoms with Crippen molar-refractivity contribution in [3.8, 4) is 0 Å². The number of hydrogen-bond acceptors (Lipinski definition) is 8. The number of aliphatic hydroxyl groups is 3. The highest BCUT2D eigenvalue weighted by Crippen LogP contribution is 2.33. The van der Waals surface area contributed by atoms with Crippen LogP contribution in [0, 0.1) is 5.82 Å². The number of nitrogens with one attached hydrogen (secondary N) is 2. The molecule has 2 aliphatic heterocycles. The van der Waals surface area contributed by atoms with Crippen LogP contribution in [0.25, 0.3) is 0 Å². The summed E-state index contributed by atoms with van der Waals surface area (Å²) in [5.74, 6) is -5.06. The first-order valence-corrected chi connectivity index (χ1v) is 17.3. The fraction of sp³-hybridized carbons (Fsp3) is 0.579. The molecular formula is C38H63FN4O6. The lowest BCUT2D eigenvalue weighted by molar-refractivity contribution is -0.188. The molecule has 1 unspecified atom stereocenters. The molecule has 11 heteroatoms. The number of ether oxygens (including phenoxy) is 1. The van der Waals surface area contributed by atoms with Gasteiger partial charge in [-0.15, -0.1) is 6.58 Å². The second-order valence-corrected chi connectivity index (χ2v) is 12.3. The molecule has 2 heterocycles. The van der Waals surface area contributed by atoms with Crippen LogP contribution in [0.1, 0.15) is 100 Å². The SMILES string of the molecule is C=CCCC(O)(C(=O)NC)N1CC(=C\NC(O)(O)c2ccc(CN3CC(C)(C)OC(C)(C)C3)cc2F)/C(=C\C=C/C)C1=O.CC.CC.CC. The number of morpholine rings is 1. The zero-order valence-corrected chi connectivity index (χ0v) is 31.9. The molecule has 0 bridgehead atoms. The van der Waals surface area contributed by atoms with Crippen LogP contribution < -0.4 is 10.6 Å². The van der Waals surface area contributed by atoms with Crippen LogP contribution >= 0.6 is 0 Å². The molecule has 0 radical (unpaired) electrons. The Kier molecular flexibility index (Phi) is 19.0. The Hall–Kier alpha value is -3.35. The van der Waals surface area contributed by atoms with Gasteiger partial charge in [-0.3, -0.25) is 19.4 Å². The number of hydrogen-bond donors (Lipinski definition) is 5. The fourth-order valence-corrected chi connectivity index (χ4v) is 5.80. The topological polar surface area (TPSA) is 135 Å². The van der Waals surface area contributed by atoms with Gasteiger partial charge in [-0.2, -0.15) is 0 Å². The Labute approximate surface area is 294 Å². The first-order valence-electron chi connectivity index (χ1n) is 17.3. The van der Waals surface area contributed by atoms with Gasteiger partial charge in [-0.25, -0.2) is 4.39 Å². The standard InChI is InChI=1S/C32H45FN4O6.3C2H6/c1-8-10-12-24-23(19-37(27(24)38)31(40,15-11-9-2)28(39)34-7)17-35-32(41,42)25-14-13-22(16-26(25)33)18-36-20-29(3,4)43-30(5,6)21-36;3*1-2/h8-10,12-14,16-17,35,40-42H,2,11,15,18-21H2,1,3-7H3,(H,34,39);3*1-2H3/b10-8-,23-17+,24-12+;;;.